The molecule has 2 aliphatic heterocycles. The fraction of sp³-hybridized carbons (Fsp3) is 0.889. The molecule has 0 bridgehead atoms. The smallest absolute Gasteiger partial charge is 0.335 e. The predicted octanol–water partition coefficient (Wildman–Crippen LogP) is 0.324. The van der Waals surface area contributed by atoms with Crippen molar-refractivity contribution < 1.29 is 14.6 Å². The summed E-state index contributed by atoms with van der Waals surface area (Å²) in [6.07, 6.45) is 3.22. The molecule has 0 unspecified atom stereocenters. The Labute approximate surface area is 77.5 Å². The van der Waals surface area contributed by atoms with Gasteiger partial charge in [0.25, 0.3) is 0 Å². The maximum Gasteiger partial charge on any atom is 0.335 e. The molecular formula is C9H15NO3. The van der Waals surface area contributed by atoms with Crippen LogP contribution in [0.1, 0.15) is 19.3 Å². The lowest BCUT2D eigenvalue weighted by Gasteiger charge is -2.25. The number of aliphatic carboxylic acids is 1. The number of ether oxygens (including phenoxy) is 1. The van der Waals surface area contributed by atoms with Gasteiger partial charge < -0.3 is 14.7 Å². The van der Waals surface area contributed by atoms with E-state index in [1.54, 1.807) is 0 Å². The molecule has 2 heterocycles. The molecule has 4 nitrogen and oxygen atoms in total. The third-order valence-corrected chi connectivity index (χ3v) is 2.71. The first-order chi connectivity index (χ1) is 6.27. The molecular weight excluding hydrogens is 170 g/mol. The highest BCUT2D eigenvalue weighted by atomic mass is 16.6. The van der Waals surface area contributed by atoms with Crippen LogP contribution in [0.25, 0.3) is 0 Å². The molecule has 0 aromatic rings. The van der Waals surface area contributed by atoms with Gasteiger partial charge in [-0.15, -0.1) is 0 Å². The van der Waals surface area contributed by atoms with Crippen molar-refractivity contribution in [1.82, 2.24) is 4.90 Å². The molecule has 2 aliphatic rings. The van der Waals surface area contributed by atoms with Crippen molar-refractivity contribution in [3.05, 3.63) is 0 Å². The Morgan fingerprint density at radius 3 is 2.62 bits per heavy atom. The Kier molecular flexibility index (Phi) is 2.51. The van der Waals surface area contributed by atoms with Gasteiger partial charge in [0.05, 0.1) is 0 Å². The minimum atomic E-state index is -0.818. The summed E-state index contributed by atoms with van der Waals surface area (Å²) >= 11 is 0. The van der Waals surface area contributed by atoms with Gasteiger partial charge in [0.2, 0.25) is 0 Å². The monoisotopic (exact) mass is 185 g/mol. The van der Waals surface area contributed by atoms with Crippen molar-refractivity contribution in [2.24, 2.45) is 0 Å². The SMILES string of the molecule is O=C(O)[C@@H]1O[C@H]1CN1CCCCC1. The van der Waals surface area contributed by atoms with E-state index in [9.17, 15) is 4.79 Å². The molecule has 0 saturated carbocycles. The third kappa shape index (κ3) is 2.19. The normalized spacial score (nSPS) is 34.5. The minimum absolute atomic E-state index is 0.0457. The number of carboxylic acids is 1. The summed E-state index contributed by atoms with van der Waals surface area (Å²) in [5, 5.41) is 8.61. The zero-order valence-corrected chi connectivity index (χ0v) is 7.61. The van der Waals surface area contributed by atoms with Crippen LogP contribution < -0.4 is 0 Å². The minimum Gasteiger partial charge on any atom is -0.479 e. The van der Waals surface area contributed by atoms with Crippen molar-refractivity contribution in [1.29, 1.82) is 0 Å². The number of hydrogen-bond acceptors (Lipinski definition) is 3. The highest BCUT2D eigenvalue weighted by molar-refractivity contribution is 5.75. The molecule has 0 radical (unpaired) electrons. The first kappa shape index (κ1) is 8.97. The molecule has 13 heavy (non-hydrogen) atoms. The molecule has 2 rings (SSSR count). The Balaban J connectivity index is 1.70. The highest BCUT2D eigenvalue weighted by Crippen LogP contribution is 2.24. The molecule has 0 amide bonds. The van der Waals surface area contributed by atoms with Gasteiger partial charge in [-0.2, -0.15) is 0 Å². The summed E-state index contributed by atoms with van der Waals surface area (Å²) in [7, 11) is 0. The summed E-state index contributed by atoms with van der Waals surface area (Å²) in [4.78, 5) is 12.8. The largest absolute Gasteiger partial charge is 0.479 e. The van der Waals surface area contributed by atoms with Crippen LogP contribution in [0.4, 0.5) is 0 Å². The van der Waals surface area contributed by atoms with Crippen molar-refractivity contribution in [2.75, 3.05) is 19.6 Å². The van der Waals surface area contributed by atoms with Crippen molar-refractivity contribution in [2.45, 2.75) is 31.5 Å². The van der Waals surface area contributed by atoms with Gasteiger partial charge in [-0.05, 0) is 25.9 Å². The average Bonchev–Trinajstić information content (AvgIpc) is 2.86. The van der Waals surface area contributed by atoms with Gasteiger partial charge in [0.15, 0.2) is 6.10 Å². The van der Waals surface area contributed by atoms with E-state index in [0.717, 1.165) is 19.6 Å². The molecule has 1 N–H and O–H groups in total. The molecule has 4 heteroatoms. The Morgan fingerprint density at radius 2 is 2.08 bits per heavy atom. The van der Waals surface area contributed by atoms with Gasteiger partial charge in [-0.1, -0.05) is 6.42 Å². The number of rotatable bonds is 3. The van der Waals surface area contributed by atoms with Crippen molar-refractivity contribution in [3.63, 3.8) is 0 Å². The molecule has 0 aromatic carbocycles. The number of carbonyl (C=O) groups is 1. The summed E-state index contributed by atoms with van der Waals surface area (Å²) < 4.78 is 5.04. The lowest BCUT2D eigenvalue weighted by Crippen LogP contribution is -2.34. The zero-order chi connectivity index (χ0) is 9.26. The molecule has 0 spiro atoms. The van der Waals surface area contributed by atoms with Crippen LogP contribution in [0.15, 0.2) is 0 Å². The van der Waals surface area contributed by atoms with Crippen LogP contribution >= 0.6 is 0 Å². The van der Waals surface area contributed by atoms with E-state index in [1.165, 1.54) is 19.3 Å². The number of epoxide rings is 1. The van der Waals surface area contributed by atoms with Crippen molar-refractivity contribution >= 4 is 5.97 Å². The quantitative estimate of drug-likeness (QED) is 0.643. The topological polar surface area (TPSA) is 53.1 Å². The van der Waals surface area contributed by atoms with Gasteiger partial charge in [0.1, 0.15) is 6.10 Å². The zero-order valence-electron chi connectivity index (χ0n) is 7.61. The molecule has 0 aromatic heterocycles. The molecule has 2 fully saturated rings. The second-order valence-electron chi connectivity index (χ2n) is 3.79. The first-order valence-corrected chi connectivity index (χ1v) is 4.88. The predicted molar refractivity (Wildman–Crippen MR) is 46.6 cm³/mol. The summed E-state index contributed by atoms with van der Waals surface area (Å²) in [6, 6.07) is 0. The van der Waals surface area contributed by atoms with Crippen LogP contribution in [-0.4, -0.2) is 47.8 Å². The van der Waals surface area contributed by atoms with E-state index in [4.69, 9.17) is 9.84 Å². The number of piperidine rings is 1. The van der Waals surface area contributed by atoms with Crippen LogP contribution in [0.5, 0.6) is 0 Å². The van der Waals surface area contributed by atoms with E-state index in [0.29, 0.717) is 0 Å². The average molecular weight is 185 g/mol. The van der Waals surface area contributed by atoms with Crippen LogP contribution in [-0.2, 0) is 9.53 Å². The molecule has 0 aliphatic carbocycles. The van der Waals surface area contributed by atoms with E-state index in [1.807, 2.05) is 0 Å². The van der Waals surface area contributed by atoms with E-state index in [-0.39, 0.29) is 6.10 Å². The summed E-state index contributed by atoms with van der Waals surface area (Å²) in [5.74, 6) is -0.818. The van der Waals surface area contributed by atoms with Crippen LogP contribution in [0.2, 0.25) is 0 Å². The fourth-order valence-corrected chi connectivity index (χ4v) is 1.90. The second kappa shape index (κ2) is 3.64. The Hall–Kier alpha value is -0.610. The summed E-state index contributed by atoms with van der Waals surface area (Å²) in [5.41, 5.74) is 0. The molecule has 2 saturated heterocycles. The number of likely N-dealkylation sites (tertiary alicyclic amines) is 1. The van der Waals surface area contributed by atoms with Gasteiger partial charge in [0, 0.05) is 6.54 Å². The van der Waals surface area contributed by atoms with Crippen molar-refractivity contribution in [3.8, 4) is 0 Å². The van der Waals surface area contributed by atoms with Crippen LogP contribution in [0.3, 0.4) is 0 Å². The molecule has 2 atom stereocenters. The molecule has 74 valence electrons. The fourth-order valence-electron chi connectivity index (χ4n) is 1.90. The summed E-state index contributed by atoms with van der Waals surface area (Å²) in [6.45, 7) is 3.01. The lowest BCUT2D eigenvalue weighted by molar-refractivity contribution is -0.138. The Morgan fingerprint density at radius 1 is 1.38 bits per heavy atom. The second-order valence-corrected chi connectivity index (χ2v) is 3.79. The number of nitrogens with zero attached hydrogens (tertiary/aromatic N) is 1. The Bertz CT molecular complexity index is 201. The van der Waals surface area contributed by atoms with E-state index < -0.39 is 12.1 Å². The first-order valence-electron chi connectivity index (χ1n) is 4.88. The third-order valence-electron chi connectivity index (χ3n) is 2.71. The van der Waals surface area contributed by atoms with Gasteiger partial charge in [-0.25, -0.2) is 4.79 Å². The number of carboxylic acid groups (broad SMARTS) is 1. The standard InChI is InChI=1S/C9H15NO3/c11-9(12)8-7(13-8)6-10-4-2-1-3-5-10/h7-8H,1-6H2,(H,11,12)/t7-,8+/m0/s1. The number of hydrogen-bond donors (Lipinski definition) is 1. The van der Waals surface area contributed by atoms with Gasteiger partial charge in [-0.3, -0.25) is 0 Å². The maximum absolute atomic E-state index is 10.5. The van der Waals surface area contributed by atoms with Gasteiger partial charge >= 0.3 is 5.97 Å². The van der Waals surface area contributed by atoms with E-state index >= 15 is 0 Å². The van der Waals surface area contributed by atoms with E-state index in [2.05, 4.69) is 4.90 Å². The van der Waals surface area contributed by atoms with Crippen LogP contribution in [0, 0.1) is 0 Å². The highest BCUT2D eigenvalue weighted by Gasteiger charge is 2.45. The lowest BCUT2D eigenvalue weighted by atomic mass is 10.1. The maximum atomic E-state index is 10.5.